The highest BCUT2D eigenvalue weighted by Gasteiger charge is 2.35. The van der Waals surface area contributed by atoms with Crippen molar-refractivity contribution in [3.05, 3.63) is 72.1 Å². The molecule has 4 aromatic rings. The van der Waals surface area contributed by atoms with Crippen LogP contribution >= 0.6 is 0 Å². The van der Waals surface area contributed by atoms with E-state index in [2.05, 4.69) is 70.6 Å². The van der Waals surface area contributed by atoms with Gasteiger partial charge in [-0.15, -0.1) is 0 Å². The monoisotopic (exact) mass is 440 g/mol. The van der Waals surface area contributed by atoms with E-state index in [1.54, 1.807) is 0 Å². The number of nitrogens with one attached hydrogen (secondary N) is 2. The molecule has 6 N–H and O–H groups in total. The summed E-state index contributed by atoms with van der Waals surface area (Å²) in [6, 6.07) is 22.3. The van der Waals surface area contributed by atoms with E-state index in [1.165, 1.54) is 65.3 Å². The van der Waals surface area contributed by atoms with Crippen LogP contribution in [0.5, 0.6) is 0 Å². The molecule has 172 valence electrons. The van der Waals surface area contributed by atoms with E-state index in [1.807, 2.05) is 0 Å². The molecule has 33 heavy (non-hydrogen) atoms. The van der Waals surface area contributed by atoms with Crippen LogP contribution in [0.4, 0.5) is 0 Å². The van der Waals surface area contributed by atoms with Crippen LogP contribution in [-0.2, 0) is 0 Å². The molecule has 4 nitrogen and oxygen atoms in total. The Balaban J connectivity index is 1.16. The molecule has 2 aliphatic carbocycles. The number of aromatic nitrogens is 2. The van der Waals surface area contributed by atoms with Crippen molar-refractivity contribution in [3.8, 4) is 0 Å². The van der Waals surface area contributed by atoms with Crippen molar-refractivity contribution in [2.24, 2.45) is 23.3 Å². The summed E-state index contributed by atoms with van der Waals surface area (Å²) in [6.45, 7) is 0. The average Bonchev–Trinajstić information content (AvgIpc) is 3.45. The number of benzene rings is 2. The number of para-hydroxylation sites is 2. The normalized spacial score (nSPS) is 30.7. The molecule has 0 aliphatic heterocycles. The largest absolute Gasteiger partial charge is 0.358 e. The van der Waals surface area contributed by atoms with Crippen molar-refractivity contribution in [1.82, 2.24) is 9.97 Å². The van der Waals surface area contributed by atoms with Crippen molar-refractivity contribution >= 4 is 21.8 Å². The summed E-state index contributed by atoms with van der Waals surface area (Å²) in [5.41, 5.74) is 18.4. The number of fused-ring (bicyclic) bond motifs is 2. The molecule has 6 atom stereocenters. The van der Waals surface area contributed by atoms with Gasteiger partial charge in [-0.25, -0.2) is 0 Å². The van der Waals surface area contributed by atoms with E-state index >= 15 is 0 Å². The van der Waals surface area contributed by atoms with Crippen LogP contribution in [0.25, 0.3) is 21.8 Å². The van der Waals surface area contributed by atoms with Crippen molar-refractivity contribution in [2.45, 2.75) is 68.9 Å². The molecule has 2 fully saturated rings. The van der Waals surface area contributed by atoms with E-state index in [4.69, 9.17) is 11.5 Å². The molecule has 0 bridgehead atoms. The third kappa shape index (κ3) is 4.11. The molecule has 0 spiro atoms. The van der Waals surface area contributed by atoms with E-state index < -0.39 is 0 Å². The Morgan fingerprint density at radius 3 is 1.55 bits per heavy atom. The molecule has 4 heteroatoms. The number of H-pyrrole nitrogens is 2. The number of aromatic amines is 2. The van der Waals surface area contributed by atoms with Gasteiger partial charge >= 0.3 is 0 Å². The van der Waals surface area contributed by atoms with Gasteiger partial charge < -0.3 is 21.4 Å². The molecule has 2 saturated carbocycles. The van der Waals surface area contributed by atoms with E-state index in [9.17, 15) is 0 Å². The summed E-state index contributed by atoms with van der Waals surface area (Å²) >= 11 is 0. The predicted molar refractivity (Wildman–Crippen MR) is 137 cm³/mol. The Labute approximate surface area is 196 Å². The fraction of sp³-hybridized carbons (Fsp3) is 0.448. The topological polar surface area (TPSA) is 83.6 Å². The van der Waals surface area contributed by atoms with Crippen molar-refractivity contribution in [1.29, 1.82) is 0 Å². The van der Waals surface area contributed by atoms with Gasteiger partial charge in [0.1, 0.15) is 0 Å². The molecular weight excluding hydrogens is 404 g/mol. The fourth-order valence-electron chi connectivity index (χ4n) is 6.77. The third-order valence-electron chi connectivity index (χ3n) is 8.59. The lowest BCUT2D eigenvalue weighted by Crippen LogP contribution is -2.37. The maximum absolute atomic E-state index is 6.64. The molecule has 0 amide bonds. The van der Waals surface area contributed by atoms with Gasteiger partial charge in [-0.2, -0.15) is 0 Å². The van der Waals surface area contributed by atoms with Crippen molar-refractivity contribution < 1.29 is 0 Å². The van der Waals surface area contributed by atoms with E-state index in [0.29, 0.717) is 11.8 Å². The summed E-state index contributed by atoms with van der Waals surface area (Å²) in [5.74, 6) is 2.38. The summed E-state index contributed by atoms with van der Waals surface area (Å²) in [5, 5.41) is 2.59. The summed E-state index contributed by atoms with van der Waals surface area (Å²) in [4.78, 5) is 7.33. The van der Waals surface area contributed by atoms with E-state index in [-0.39, 0.29) is 12.1 Å². The molecule has 0 saturated heterocycles. The van der Waals surface area contributed by atoms with Gasteiger partial charge in [-0.05, 0) is 91.8 Å². The lowest BCUT2D eigenvalue weighted by Gasteiger charge is -2.39. The fourth-order valence-corrected chi connectivity index (χ4v) is 6.77. The molecule has 6 rings (SSSR count). The Kier molecular flexibility index (Phi) is 5.51. The molecule has 6 unspecified atom stereocenters. The smallest absolute Gasteiger partial charge is 0.0456 e. The maximum atomic E-state index is 6.64. The lowest BCUT2D eigenvalue weighted by molar-refractivity contribution is 0.197. The van der Waals surface area contributed by atoms with Crippen LogP contribution in [-0.4, -0.2) is 22.1 Å². The first-order valence-electron chi connectivity index (χ1n) is 12.8. The van der Waals surface area contributed by atoms with Crippen LogP contribution in [0.15, 0.2) is 60.7 Å². The average molecular weight is 441 g/mol. The Bertz CT molecular complexity index is 1070. The first kappa shape index (κ1) is 21.0. The minimum Gasteiger partial charge on any atom is -0.358 e. The molecule has 2 aromatic heterocycles. The zero-order valence-corrected chi connectivity index (χ0v) is 19.3. The minimum atomic E-state index is 0.258. The Morgan fingerprint density at radius 2 is 1.09 bits per heavy atom. The van der Waals surface area contributed by atoms with E-state index in [0.717, 1.165) is 24.7 Å². The Morgan fingerprint density at radius 1 is 0.636 bits per heavy atom. The molecule has 2 aromatic carbocycles. The van der Waals surface area contributed by atoms with Gasteiger partial charge in [0.15, 0.2) is 0 Å². The summed E-state index contributed by atoms with van der Waals surface area (Å²) < 4.78 is 0. The van der Waals surface area contributed by atoms with Crippen LogP contribution in [0.2, 0.25) is 0 Å². The second kappa shape index (κ2) is 8.66. The van der Waals surface area contributed by atoms with Gasteiger partial charge in [-0.3, -0.25) is 0 Å². The van der Waals surface area contributed by atoms with Gasteiger partial charge in [-0.1, -0.05) is 36.4 Å². The number of hydrogen-bond acceptors (Lipinski definition) is 2. The molecule has 0 radical (unpaired) electrons. The molecule has 2 aliphatic rings. The molecular formula is C29H36N4. The zero-order chi connectivity index (χ0) is 22.4. The highest BCUT2D eigenvalue weighted by molar-refractivity contribution is 5.81. The number of rotatable bonds is 4. The second-order valence-electron chi connectivity index (χ2n) is 10.8. The van der Waals surface area contributed by atoms with Gasteiger partial charge in [0.2, 0.25) is 0 Å². The van der Waals surface area contributed by atoms with Crippen LogP contribution in [0.3, 0.4) is 0 Å². The molecule has 2 heterocycles. The van der Waals surface area contributed by atoms with Crippen LogP contribution < -0.4 is 11.5 Å². The summed E-state index contributed by atoms with van der Waals surface area (Å²) in [6.07, 6.45) is 8.49. The third-order valence-corrected chi connectivity index (χ3v) is 8.59. The minimum absolute atomic E-state index is 0.258. The zero-order valence-electron chi connectivity index (χ0n) is 19.3. The highest BCUT2D eigenvalue weighted by Crippen LogP contribution is 2.43. The second-order valence-corrected chi connectivity index (χ2v) is 10.8. The maximum Gasteiger partial charge on any atom is 0.0456 e. The first-order valence-corrected chi connectivity index (χ1v) is 12.8. The van der Waals surface area contributed by atoms with Gasteiger partial charge in [0.25, 0.3) is 0 Å². The SMILES string of the molecule is NC1CCC(CC2CCC(N)C(c3cc4ccccc4[nH]3)C2)CC1c1cc2ccccc2[nH]1. The van der Waals surface area contributed by atoms with Crippen molar-refractivity contribution in [2.75, 3.05) is 0 Å². The standard InChI is InChI=1S/C29H36N4/c30-24-11-9-18(14-22(24)28-16-20-5-1-3-7-26(20)32-28)13-19-10-12-25(31)23(15-19)29-17-21-6-2-4-8-27(21)33-29/h1-8,16-19,22-25,32-33H,9-15,30-31H2. The van der Waals surface area contributed by atoms with Crippen molar-refractivity contribution in [3.63, 3.8) is 0 Å². The number of nitrogens with two attached hydrogens (primary N) is 2. The van der Waals surface area contributed by atoms with Gasteiger partial charge in [0, 0.05) is 46.3 Å². The predicted octanol–water partition coefficient (Wildman–Crippen LogP) is 6.16. The van der Waals surface area contributed by atoms with Crippen LogP contribution in [0.1, 0.15) is 68.2 Å². The lowest BCUT2D eigenvalue weighted by atomic mass is 9.69. The van der Waals surface area contributed by atoms with Crippen LogP contribution in [0, 0.1) is 11.8 Å². The first-order chi connectivity index (χ1) is 16.1. The number of hydrogen-bond donors (Lipinski definition) is 4. The summed E-state index contributed by atoms with van der Waals surface area (Å²) in [7, 11) is 0. The van der Waals surface area contributed by atoms with Gasteiger partial charge in [0.05, 0.1) is 0 Å². The quantitative estimate of drug-likeness (QED) is 0.306. The Hall–Kier alpha value is -2.56. The highest BCUT2D eigenvalue weighted by atomic mass is 14.8.